The van der Waals surface area contributed by atoms with Crippen LogP contribution < -0.4 is 15.0 Å². The number of hydrogen-bond acceptors (Lipinski definition) is 3. The van der Waals surface area contributed by atoms with Crippen LogP contribution in [0.5, 0.6) is 5.75 Å². The lowest BCUT2D eigenvalue weighted by Gasteiger charge is -2.30. The van der Waals surface area contributed by atoms with Gasteiger partial charge in [0.1, 0.15) is 11.6 Å². The lowest BCUT2D eigenvalue weighted by molar-refractivity contribution is -0.122. The van der Waals surface area contributed by atoms with E-state index in [0.29, 0.717) is 22.3 Å². The minimum absolute atomic E-state index is 0.101. The van der Waals surface area contributed by atoms with Crippen LogP contribution in [0.25, 0.3) is 0 Å². The van der Waals surface area contributed by atoms with Crippen LogP contribution in [0.15, 0.2) is 46.9 Å². The predicted molar refractivity (Wildman–Crippen MR) is 96.2 cm³/mol. The highest BCUT2D eigenvalue weighted by atomic mass is 79.9. The summed E-state index contributed by atoms with van der Waals surface area (Å²) in [7, 11) is 0. The third-order valence-electron chi connectivity index (χ3n) is 3.86. The van der Waals surface area contributed by atoms with Gasteiger partial charge in [-0.1, -0.05) is 0 Å². The molecule has 1 fully saturated rings. The van der Waals surface area contributed by atoms with Crippen molar-refractivity contribution in [1.29, 1.82) is 0 Å². The van der Waals surface area contributed by atoms with Crippen molar-refractivity contribution >= 4 is 39.1 Å². The van der Waals surface area contributed by atoms with Gasteiger partial charge in [-0.2, -0.15) is 0 Å². The van der Waals surface area contributed by atoms with Crippen LogP contribution in [0.4, 0.5) is 15.8 Å². The maximum absolute atomic E-state index is 13.1. The number of β-lactam (4-membered cyclic amide) rings is 1. The fraction of sp³-hybridized carbons (Fsp3) is 0.222. The SMILES string of the molecule is C[C@H](Oc1ccc(F)cc1Br)C(=O)Nc1ccc(N2CCC2=O)cc1. The number of carbonyl (C=O) groups is 2. The minimum atomic E-state index is -0.765. The summed E-state index contributed by atoms with van der Waals surface area (Å²) in [6.45, 7) is 2.33. The number of amides is 2. The Hall–Kier alpha value is -2.41. The van der Waals surface area contributed by atoms with Crippen molar-refractivity contribution in [1.82, 2.24) is 0 Å². The van der Waals surface area contributed by atoms with Gasteiger partial charge in [0.05, 0.1) is 4.47 Å². The summed E-state index contributed by atoms with van der Waals surface area (Å²) in [6, 6.07) is 11.0. The van der Waals surface area contributed by atoms with E-state index in [-0.39, 0.29) is 11.8 Å². The summed E-state index contributed by atoms with van der Waals surface area (Å²) in [6.07, 6.45) is -0.190. The summed E-state index contributed by atoms with van der Waals surface area (Å²) in [5, 5.41) is 2.75. The molecular formula is C18H16BrFN2O3. The highest BCUT2D eigenvalue weighted by Crippen LogP contribution is 2.27. The van der Waals surface area contributed by atoms with Gasteiger partial charge in [0.2, 0.25) is 5.91 Å². The third-order valence-corrected chi connectivity index (χ3v) is 4.48. The van der Waals surface area contributed by atoms with E-state index in [1.165, 1.54) is 18.2 Å². The summed E-state index contributed by atoms with van der Waals surface area (Å²) < 4.78 is 19.1. The standard InChI is InChI=1S/C18H16BrFN2O3/c1-11(25-16-7-2-12(20)10-15(16)19)18(24)21-13-3-5-14(6-4-13)22-9-8-17(22)23/h2-7,10-11H,8-9H2,1H3,(H,21,24)/t11-/m0/s1. The van der Waals surface area contributed by atoms with Crippen molar-refractivity contribution in [2.24, 2.45) is 0 Å². The minimum Gasteiger partial charge on any atom is -0.480 e. The van der Waals surface area contributed by atoms with E-state index in [4.69, 9.17) is 4.74 Å². The maximum atomic E-state index is 13.1. The number of nitrogens with zero attached hydrogens (tertiary/aromatic N) is 1. The largest absolute Gasteiger partial charge is 0.480 e. The van der Waals surface area contributed by atoms with Gasteiger partial charge in [-0.15, -0.1) is 0 Å². The van der Waals surface area contributed by atoms with E-state index in [9.17, 15) is 14.0 Å². The highest BCUT2D eigenvalue weighted by Gasteiger charge is 2.25. The Morgan fingerprint density at radius 2 is 2.00 bits per heavy atom. The number of benzene rings is 2. The number of halogens is 2. The Kier molecular flexibility index (Phi) is 5.03. The molecule has 0 aromatic heterocycles. The Morgan fingerprint density at radius 3 is 2.56 bits per heavy atom. The average Bonchev–Trinajstić information content (AvgIpc) is 2.57. The zero-order chi connectivity index (χ0) is 18.0. The lowest BCUT2D eigenvalue weighted by atomic mass is 10.1. The van der Waals surface area contributed by atoms with Gasteiger partial charge < -0.3 is 15.0 Å². The fourth-order valence-corrected chi connectivity index (χ4v) is 2.82. The molecule has 1 N–H and O–H groups in total. The van der Waals surface area contributed by atoms with Crippen LogP contribution in [-0.4, -0.2) is 24.5 Å². The van der Waals surface area contributed by atoms with E-state index in [0.717, 1.165) is 12.2 Å². The molecule has 25 heavy (non-hydrogen) atoms. The zero-order valence-electron chi connectivity index (χ0n) is 13.5. The first-order chi connectivity index (χ1) is 11.9. The molecule has 2 aromatic rings. The van der Waals surface area contributed by atoms with Crippen molar-refractivity contribution in [3.05, 3.63) is 52.8 Å². The molecule has 0 spiro atoms. The first kappa shape index (κ1) is 17.4. The topological polar surface area (TPSA) is 58.6 Å². The summed E-state index contributed by atoms with van der Waals surface area (Å²) >= 11 is 3.20. The molecule has 1 aliphatic heterocycles. The molecular weight excluding hydrogens is 391 g/mol. The predicted octanol–water partition coefficient (Wildman–Crippen LogP) is 3.73. The molecule has 0 radical (unpaired) electrons. The molecule has 130 valence electrons. The second-order valence-corrected chi connectivity index (χ2v) is 6.52. The van der Waals surface area contributed by atoms with Crippen molar-refractivity contribution in [3.63, 3.8) is 0 Å². The van der Waals surface area contributed by atoms with Crippen molar-refractivity contribution < 1.29 is 18.7 Å². The Balaban J connectivity index is 1.60. The highest BCUT2D eigenvalue weighted by molar-refractivity contribution is 9.10. The molecule has 7 heteroatoms. The number of nitrogens with one attached hydrogen (secondary N) is 1. The summed E-state index contributed by atoms with van der Waals surface area (Å²) in [5.41, 5.74) is 1.42. The van der Waals surface area contributed by atoms with Gasteiger partial charge >= 0.3 is 0 Å². The number of ether oxygens (including phenoxy) is 1. The Labute approximate surface area is 152 Å². The van der Waals surface area contributed by atoms with Crippen molar-refractivity contribution in [3.8, 4) is 5.75 Å². The van der Waals surface area contributed by atoms with Crippen LogP contribution >= 0.6 is 15.9 Å². The van der Waals surface area contributed by atoms with E-state index in [2.05, 4.69) is 21.2 Å². The first-order valence-electron chi connectivity index (χ1n) is 7.77. The summed E-state index contributed by atoms with van der Waals surface area (Å²) in [5.74, 6) is -0.236. The molecule has 1 atom stereocenters. The first-order valence-corrected chi connectivity index (χ1v) is 8.56. The molecule has 3 rings (SSSR count). The monoisotopic (exact) mass is 406 g/mol. The molecule has 0 unspecified atom stereocenters. The number of carbonyl (C=O) groups excluding carboxylic acids is 2. The third kappa shape index (κ3) is 3.99. The normalized spacial score (nSPS) is 14.7. The van der Waals surface area contributed by atoms with E-state index >= 15 is 0 Å². The second kappa shape index (κ2) is 7.23. The molecule has 2 amide bonds. The molecule has 0 saturated carbocycles. The zero-order valence-corrected chi connectivity index (χ0v) is 15.0. The molecule has 1 aliphatic rings. The van der Waals surface area contributed by atoms with E-state index in [1.54, 1.807) is 36.1 Å². The quantitative estimate of drug-likeness (QED) is 0.769. The summed E-state index contributed by atoms with van der Waals surface area (Å²) in [4.78, 5) is 25.3. The van der Waals surface area contributed by atoms with Gasteiger partial charge in [-0.05, 0) is 65.3 Å². The second-order valence-electron chi connectivity index (χ2n) is 5.67. The molecule has 1 saturated heterocycles. The average molecular weight is 407 g/mol. The van der Waals surface area contributed by atoms with Crippen LogP contribution in [0.1, 0.15) is 13.3 Å². The molecule has 5 nitrogen and oxygen atoms in total. The number of hydrogen-bond donors (Lipinski definition) is 1. The van der Waals surface area contributed by atoms with Crippen LogP contribution in [0.3, 0.4) is 0 Å². The van der Waals surface area contributed by atoms with Crippen molar-refractivity contribution in [2.75, 3.05) is 16.8 Å². The molecule has 1 heterocycles. The molecule has 0 aliphatic carbocycles. The molecule has 0 bridgehead atoms. The lowest BCUT2D eigenvalue weighted by Crippen LogP contribution is -2.43. The number of rotatable bonds is 5. The Bertz CT molecular complexity index is 810. The van der Waals surface area contributed by atoms with E-state index < -0.39 is 11.9 Å². The fourth-order valence-electron chi connectivity index (χ4n) is 2.37. The van der Waals surface area contributed by atoms with Gasteiger partial charge in [0.15, 0.2) is 6.10 Å². The van der Waals surface area contributed by atoms with Gasteiger partial charge in [0.25, 0.3) is 5.91 Å². The van der Waals surface area contributed by atoms with Gasteiger partial charge in [-0.25, -0.2) is 4.39 Å². The van der Waals surface area contributed by atoms with E-state index in [1.807, 2.05) is 0 Å². The van der Waals surface area contributed by atoms with Gasteiger partial charge in [0, 0.05) is 24.3 Å². The maximum Gasteiger partial charge on any atom is 0.265 e. The van der Waals surface area contributed by atoms with Crippen molar-refractivity contribution in [2.45, 2.75) is 19.4 Å². The number of anilines is 2. The van der Waals surface area contributed by atoms with Gasteiger partial charge in [-0.3, -0.25) is 9.59 Å². The van der Waals surface area contributed by atoms with Crippen LogP contribution in [-0.2, 0) is 9.59 Å². The molecule has 2 aromatic carbocycles. The van der Waals surface area contributed by atoms with Crippen LogP contribution in [0.2, 0.25) is 0 Å². The Morgan fingerprint density at radius 1 is 1.28 bits per heavy atom. The smallest absolute Gasteiger partial charge is 0.265 e. The van der Waals surface area contributed by atoms with Crippen LogP contribution in [0, 0.1) is 5.82 Å².